The van der Waals surface area contributed by atoms with Crippen LogP contribution in [0.4, 0.5) is 0 Å². The van der Waals surface area contributed by atoms with Crippen LogP contribution in [0.2, 0.25) is 0 Å². The van der Waals surface area contributed by atoms with Gasteiger partial charge in [-0.2, -0.15) is 6.42 Å². The van der Waals surface area contributed by atoms with E-state index in [4.69, 9.17) is 110 Å². The second-order valence-corrected chi connectivity index (χ2v) is 19.0. The second kappa shape index (κ2) is 79.2. The van der Waals surface area contributed by atoms with Crippen LogP contribution in [0.15, 0.2) is 73.4 Å². The molecule has 0 bridgehead atoms. The van der Waals surface area contributed by atoms with Gasteiger partial charge in [0.1, 0.15) is 65.6 Å². The van der Waals surface area contributed by atoms with E-state index >= 15 is 0 Å². The van der Waals surface area contributed by atoms with Crippen LogP contribution in [0.5, 0.6) is 0 Å². The predicted octanol–water partition coefficient (Wildman–Crippen LogP) is 10.6. The number of carbonyl (C=O) groups is 6. The van der Waals surface area contributed by atoms with Crippen molar-refractivity contribution in [3.63, 3.8) is 0 Å². The van der Waals surface area contributed by atoms with E-state index in [1.54, 1.807) is 41.5 Å². The molecule has 30 heteroatoms. The van der Waals surface area contributed by atoms with Gasteiger partial charge >= 0.3 is 56.3 Å². The zero-order valence-electron chi connectivity index (χ0n) is 52.7. The number of unbranched alkanes of at least 4 members (excludes halogenated alkanes) is 1. The van der Waals surface area contributed by atoms with Crippen LogP contribution < -0.4 is 0 Å². The molecule has 0 radical (unpaired) electrons. The maximum atomic E-state index is 11.0. The van der Waals surface area contributed by atoms with Crippen LogP contribution in [-0.2, 0) is 135 Å². The van der Waals surface area contributed by atoms with Crippen LogP contribution in [0.25, 0.3) is 0 Å². The van der Waals surface area contributed by atoms with Gasteiger partial charge in [-0.25, -0.2) is 87.4 Å². The summed E-state index contributed by atoms with van der Waals surface area (Å²) in [5.41, 5.74) is 1.90. The van der Waals surface area contributed by atoms with E-state index in [-0.39, 0.29) is 71.5 Å². The number of hydrogen-bond acceptors (Lipinski definition) is 24. The van der Waals surface area contributed by atoms with Gasteiger partial charge in [0.25, 0.3) is 0 Å². The molecule has 0 rings (SSSR count). The van der Waals surface area contributed by atoms with Crippen LogP contribution in [0, 0.1) is 12.8 Å². The van der Waals surface area contributed by atoms with Crippen molar-refractivity contribution in [3.05, 3.63) is 80.3 Å². The summed E-state index contributed by atoms with van der Waals surface area (Å²) in [6, 6.07) is 0. The maximum absolute atomic E-state index is 11.0. The zero-order valence-corrected chi connectivity index (χ0v) is 58.9. The number of halogens is 5. The molecule has 24 nitrogen and oxygen atoms in total. The second-order valence-electron chi connectivity index (χ2n) is 16.8. The molecule has 0 aliphatic rings. The van der Waals surface area contributed by atoms with E-state index in [1.807, 2.05) is 6.92 Å². The molecule has 0 spiro atoms. The number of rotatable bonds is 49. The van der Waals surface area contributed by atoms with E-state index in [0.717, 1.165) is 69.6 Å². The third-order valence-electron chi connectivity index (χ3n) is 7.76. The molecule has 2 unspecified atom stereocenters. The third-order valence-corrected chi connectivity index (χ3v) is 9.94. The average molecular weight is 1580 g/mol. The van der Waals surface area contributed by atoms with Crippen LogP contribution in [0.1, 0.15) is 93.4 Å². The number of ether oxygens (including phenoxy) is 6. The summed E-state index contributed by atoms with van der Waals surface area (Å²) in [6.45, 7) is 41.1. The fraction of sp³-hybridized carbons (Fsp3) is 0.667. The molecule has 513 valence electrons. The van der Waals surface area contributed by atoms with E-state index in [2.05, 4.69) is 86.6 Å². The first-order valence-corrected chi connectivity index (χ1v) is 30.3. The molecule has 0 aromatic heterocycles. The van der Waals surface area contributed by atoms with Gasteiger partial charge in [-0.1, -0.05) is 62.3 Å². The quantitative estimate of drug-likeness (QED) is 0.00800. The summed E-state index contributed by atoms with van der Waals surface area (Å²) in [6.07, 6.45) is 5.92. The summed E-state index contributed by atoms with van der Waals surface area (Å²) in [7, 11) is 0. The summed E-state index contributed by atoms with van der Waals surface area (Å²) in [4.78, 5) is 122. The Hall–Kier alpha value is -2.94. The molecule has 0 aliphatic heterocycles. The molecule has 0 saturated heterocycles. The molecule has 0 N–H and O–H groups in total. The molecule has 0 aliphatic carbocycles. The number of esters is 6. The monoisotopic (exact) mass is 1580 g/mol. The first-order valence-electron chi connectivity index (χ1n) is 27.4. The Kier molecular flexibility index (Phi) is 86.6. The Morgan fingerprint density at radius 1 is 0.425 bits per heavy atom. The van der Waals surface area contributed by atoms with Crippen molar-refractivity contribution in [1.29, 1.82) is 0.816 Å². The molecule has 2 atom stereocenters. The van der Waals surface area contributed by atoms with Gasteiger partial charge in [-0.05, 0) is 86.0 Å². The normalized spacial score (nSPS) is 10.6. The third kappa shape index (κ3) is 89.6. The van der Waals surface area contributed by atoms with E-state index in [9.17, 15) is 28.8 Å². The first kappa shape index (κ1) is 95.2. The summed E-state index contributed by atoms with van der Waals surface area (Å²) in [5.74, 6) is 0.0752. The molecule has 87 heavy (non-hydrogen) atoms. The van der Waals surface area contributed by atoms with Crippen molar-refractivity contribution in [1.82, 2.24) is 0 Å². The van der Waals surface area contributed by atoms with Crippen molar-refractivity contribution in [3.8, 4) is 0 Å². The molecule has 0 heterocycles. The van der Waals surface area contributed by atoms with Crippen LogP contribution in [0.3, 0.4) is 0 Å². The first-order chi connectivity index (χ1) is 42.0. The van der Waals surface area contributed by atoms with Gasteiger partial charge in [0.15, 0.2) is 0 Å². The Balaban J connectivity index is -0.000000178. The molecule has 0 fully saturated rings. The summed E-state index contributed by atoms with van der Waals surface area (Å²) >= 11 is 26.1. The number of carbonyl (C=O) groups excluding carboxylic acids is 6. The predicted molar refractivity (Wildman–Crippen MR) is 331 cm³/mol. The van der Waals surface area contributed by atoms with Gasteiger partial charge in [0.2, 0.25) is 0 Å². The Morgan fingerprint density at radius 3 is 1.05 bits per heavy atom. The van der Waals surface area contributed by atoms with Gasteiger partial charge in [0.05, 0.1) is 52.9 Å². The molecular weight excluding hydrogens is 1480 g/mol. The van der Waals surface area contributed by atoms with Crippen molar-refractivity contribution >= 4 is 98.1 Å². The molecule has 0 aromatic carbocycles. The zero-order chi connectivity index (χ0) is 68.4. The number of alkyl halides is 5. The SMILES string of the molecule is C=C(C)C(=O)OCC(C)OOCCCCl.C=C(C)C(=O)OCCCCOOCCCCl.C=C(C)C(=O)OCCOOCC(C)CBr.C=C(C)C(=O)OCCOOCCCCl.C=C(C)C(=O)OCCOOCC[CH2-].C=CC(=O)OCCOOCCCCl.[3H][Os]. The van der Waals surface area contributed by atoms with Crippen LogP contribution in [-0.4, -0.2) is 184 Å². The van der Waals surface area contributed by atoms with Crippen LogP contribution >= 0.6 is 62.3 Å². The Bertz CT molecular complexity index is 1760. The van der Waals surface area contributed by atoms with Crippen molar-refractivity contribution in [2.75, 3.05) is 141 Å². The minimum absolute atomic E-state index is 0.145. The van der Waals surface area contributed by atoms with E-state index in [1.165, 1.54) is 0 Å². The van der Waals surface area contributed by atoms with Gasteiger partial charge in [-0.15, -0.1) is 46.4 Å². The summed E-state index contributed by atoms with van der Waals surface area (Å²) < 4.78 is 34.4. The van der Waals surface area contributed by atoms with E-state index in [0.29, 0.717) is 117 Å². The van der Waals surface area contributed by atoms with E-state index < -0.39 is 29.8 Å². The number of hydrogen-bond donors (Lipinski definition) is 0. The molecule has 0 saturated carbocycles. The molecule has 0 amide bonds. The standard InChI is InChI=1S/C11H19ClO4.C10H17BrO4.C10H17ClO4.C9H15ClO4.C9H15O4.C8H13ClO4.Os.H/c1-10(2)11(13)14-7-3-4-8-15-16-9-5-6-12;1-8(2)10(12)13-4-5-14-15-7-9(3)6-11;1-8(2)10(12)13-7-9(3)15-14-6-4-5-11;1-8(2)9(11)12-6-7-14-13-5-3-4-10;1-4-5-12-13-7-6-11-9(10)8(2)3;1-2-8(10)11-6-7-13-12-5-3-4-9;;/h1,3-9H2,2H3;2*9H,1,4-7H2,2-3H3;1,3-7H2,2H3;1-2,4-7H2,3H3;2H,1,3-7H2;;/q;;;;-1;;;/i;;;;;;;1+2. The van der Waals surface area contributed by atoms with Gasteiger partial charge in [-0.3, -0.25) is 0 Å². The van der Waals surface area contributed by atoms with Crippen molar-refractivity contribution in [2.45, 2.75) is 99.5 Å². The average Bonchev–Trinajstić information content (AvgIpc) is 3.51. The molecule has 0 aromatic rings. The van der Waals surface area contributed by atoms with Crippen molar-refractivity contribution < 1.29 is 135 Å². The Labute approximate surface area is 558 Å². The summed E-state index contributed by atoms with van der Waals surface area (Å²) in [5, 5.41) is 0.862. The molecular formula is C57H97BrCl4O24Os-. The Morgan fingerprint density at radius 2 is 0.713 bits per heavy atom. The fourth-order valence-corrected chi connectivity index (χ4v) is 4.04. The van der Waals surface area contributed by atoms with Gasteiger partial charge < -0.3 is 35.3 Å². The van der Waals surface area contributed by atoms with Crippen molar-refractivity contribution in [2.24, 2.45) is 5.92 Å². The van der Waals surface area contributed by atoms with Gasteiger partial charge in [0, 0.05) is 62.8 Å². The topological polar surface area (TPSA) is 269 Å². The fourth-order valence-electron chi connectivity index (χ4n) is 3.42. The minimum atomic E-state index is -0.468.